The Labute approximate surface area is 155 Å². The first kappa shape index (κ1) is 16.5. The number of ether oxygens (including phenoxy) is 1. The predicted octanol–water partition coefficient (Wildman–Crippen LogP) is 2.88. The molecule has 2 aromatic heterocycles. The molecular formula is C17H18ClN5OS. The molecule has 1 atom stereocenters. The maximum atomic E-state index is 5.93. The van der Waals surface area contributed by atoms with Gasteiger partial charge in [-0.1, -0.05) is 35.1 Å². The van der Waals surface area contributed by atoms with Crippen molar-refractivity contribution in [1.82, 2.24) is 20.0 Å². The van der Waals surface area contributed by atoms with E-state index in [0.29, 0.717) is 6.61 Å². The zero-order valence-corrected chi connectivity index (χ0v) is 15.2. The number of halogens is 1. The third kappa shape index (κ3) is 4.18. The van der Waals surface area contributed by atoms with Crippen LogP contribution in [0, 0.1) is 0 Å². The van der Waals surface area contributed by atoms with Gasteiger partial charge in [-0.05, 0) is 23.8 Å². The first-order chi connectivity index (χ1) is 12.3. The van der Waals surface area contributed by atoms with E-state index < -0.39 is 0 Å². The molecule has 4 rings (SSSR count). The average molecular weight is 376 g/mol. The lowest BCUT2D eigenvalue weighted by Gasteiger charge is -2.32. The molecule has 1 aliphatic heterocycles. The summed E-state index contributed by atoms with van der Waals surface area (Å²) in [7, 11) is 0. The minimum Gasteiger partial charge on any atom is -0.373 e. The van der Waals surface area contributed by atoms with Gasteiger partial charge in [-0.3, -0.25) is 4.68 Å². The van der Waals surface area contributed by atoms with Gasteiger partial charge >= 0.3 is 0 Å². The number of aromatic nitrogens is 4. The highest BCUT2D eigenvalue weighted by molar-refractivity contribution is 7.15. The summed E-state index contributed by atoms with van der Waals surface area (Å²) in [4.78, 5) is 2.25. The van der Waals surface area contributed by atoms with Crippen molar-refractivity contribution < 1.29 is 4.74 Å². The summed E-state index contributed by atoms with van der Waals surface area (Å²) in [5, 5.41) is 15.7. The van der Waals surface area contributed by atoms with E-state index in [-0.39, 0.29) is 6.10 Å². The number of benzene rings is 1. The van der Waals surface area contributed by atoms with Crippen molar-refractivity contribution in [3.8, 4) is 0 Å². The molecule has 1 unspecified atom stereocenters. The quantitative estimate of drug-likeness (QED) is 0.686. The van der Waals surface area contributed by atoms with Crippen molar-refractivity contribution in [1.29, 1.82) is 0 Å². The molecular weight excluding hydrogens is 358 g/mol. The van der Waals surface area contributed by atoms with Crippen molar-refractivity contribution in [2.45, 2.75) is 19.1 Å². The molecule has 0 N–H and O–H groups in total. The second-order valence-corrected chi connectivity index (χ2v) is 7.43. The summed E-state index contributed by atoms with van der Waals surface area (Å²) in [6.45, 7) is 3.08. The Balaban J connectivity index is 1.39. The zero-order chi connectivity index (χ0) is 17.1. The Kier molecular flexibility index (Phi) is 4.96. The highest BCUT2D eigenvalue weighted by atomic mass is 35.5. The Morgan fingerprint density at radius 2 is 2.12 bits per heavy atom. The summed E-state index contributed by atoms with van der Waals surface area (Å²) in [6, 6.07) is 9.78. The van der Waals surface area contributed by atoms with E-state index in [1.54, 1.807) is 17.5 Å². The maximum absolute atomic E-state index is 5.93. The van der Waals surface area contributed by atoms with Crippen LogP contribution < -0.4 is 4.90 Å². The van der Waals surface area contributed by atoms with Gasteiger partial charge in [0.05, 0.1) is 19.3 Å². The van der Waals surface area contributed by atoms with Gasteiger partial charge in [0.1, 0.15) is 5.01 Å². The third-order valence-corrected chi connectivity index (χ3v) is 5.32. The molecule has 1 aliphatic rings. The van der Waals surface area contributed by atoms with Crippen LogP contribution in [0.4, 0.5) is 5.13 Å². The molecule has 0 spiro atoms. The molecule has 1 aromatic carbocycles. The van der Waals surface area contributed by atoms with Gasteiger partial charge in [0.15, 0.2) is 0 Å². The fraction of sp³-hybridized carbons (Fsp3) is 0.353. The standard InChI is InChI=1S/C17H18ClN5OS/c18-14-4-2-13(3-5-14)10-16-20-21-17(25-16)22-8-9-24-15(11-22)12-23-7-1-6-19-23/h1-7,15H,8-12H2. The largest absolute Gasteiger partial charge is 0.373 e. The summed E-state index contributed by atoms with van der Waals surface area (Å²) in [5.74, 6) is 0. The van der Waals surface area contributed by atoms with Crippen molar-refractivity contribution >= 4 is 28.1 Å². The average Bonchev–Trinajstić information content (AvgIpc) is 3.29. The van der Waals surface area contributed by atoms with E-state index in [2.05, 4.69) is 20.2 Å². The number of hydrogen-bond acceptors (Lipinski definition) is 6. The Morgan fingerprint density at radius 1 is 1.24 bits per heavy atom. The van der Waals surface area contributed by atoms with Crippen LogP contribution in [0.5, 0.6) is 0 Å². The number of nitrogens with zero attached hydrogens (tertiary/aromatic N) is 5. The second kappa shape index (κ2) is 7.51. The Bertz CT molecular complexity index is 805. The summed E-state index contributed by atoms with van der Waals surface area (Å²) >= 11 is 7.58. The molecule has 1 saturated heterocycles. The van der Waals surface area contributed by atoms with Crippen LogP contribution in [0.1, 0.15) is 10.6 Å². The van der Waals surface area contributed by atoms with Crippen LogP contribution in [-0.4, -0.2) is 45.8 Å². The summed E-state index contributed by atoms with van der Waals surface area (Å²) in [5.41, 5.74) is 1.19. The molecule has 25 heavy (non-hydrogen) atoms. The normalized spacial score (nSPS) is 17.8. The zero-order valence-electron chi connectivity index (χ0n) is 13.6. The topological polar surface area (TPSA) is 56.1 Å². The Hall–Kier alpha value is -1.96. The van der Waals surface area contributed by atoms with Crippen molar-refractivity contribution in [3.05, 3.63) is 58.3 Å². The number of rotatable bonds is 5. The van der Waals surface area contributed by atoms with Crippen LogP contribution in [0.2, 0.25) is 5.02 Å². The van der Waals surface area contributed by atoms with Crippen molar-refractivity contribution in [2.75, 3.05) is 24.6 Å². The molecule has 3 heterocycles. The molecule has 0 aliphatic carbocycles. The number of hydrogen-bond donors (Lipinski definition) is 0. The van der Waals surface area contributed by atoms with Gasteiger partial charge in [-0.2, -0.15) is 5.10 Å². The first-order valence-corrected chi connectivity index (χ1v) is 9.36. The van der Waals surface area contributed by atoms with Gasteiger partial charge in [0.2, 0.25) is 5.13 Å². The fourth-order valence-electron chi connectivity index (χ4n) is 2.84. The van der Waals surface area contributed by atoms with Gasteiger partial charge in [-0.25, -0.2) is 0 Å². The highest BCUT2D eigenvalue weighted by Gasteiger charge is 2.23. The lowest BCUT2D eigenvalue weighted by molar-refractivity contribution is 0.0274. The molecule has 130 valence electrons. The van der Waals surface area contributed by atoms with Gasteiger partial charge < -0.3 is 9.64 Å². The Morgan fingerprint density at radius 3 is 2.92 bits per heavy atom. The van der Waals surface area contributed by atoms with Crippen molar-refractivity contribution in [2.24, 2.45) is 0 Å². The van der Waals surface area contributed by atoms with Gasteiger partial charge in [0, 0.05) is 36.9 Å². The van der Waals surface area contributed by atoms with Crippen LogP contribution >= 0.6 is 22.9 Å². The summed E-state index contributed by atoms with van der Waals surface area (Å²) in [6.07, 6.45) is 4.62. The minimum atomic E-state index is 0.109. The van der Waals surface area contributed by atoms with Crippen LogP contribution in [0.3, 0.4) is 0 Å². The highest BCUT2D eigenvalue weighted by Crippen LogP contribution is 2.24. The third-order valence-electron chi connectivity index (χ3n) is 4.08. The number of anilines is 1. The summed E-state index contributed by atoms with van der Waals surface area (Å²) < 4.78 is 7.76. The van der Waals surface area contributed by atoms with E-state index in [1.165, 1.54) is 5.56 Å². The lowest BCUT2D eigenvalue weighted by Crippen LogP contribution is -2.44. The van der Waals surface area contributed by atoms with Gasteiger partial charge in [-0.15, -0.1) is 10.2 Å². The van der Waals surface area contributed by atoms with E-state index in [9.17, 15) is 0 Å². The van der Waals surface area contributed by atoms with Crippen LogP contribution in [-0.2, 0) is 17.7 Å². The second-order valence-electron chi connectivity index (χ2n) is 5.95. The van der Waals surface area contributed by atoms with Crippen LogP contribution in [0.25, 0.3) is 0 Å². The molecule has 0 saturated carbocycles. The first-order valence-electron chi connectivity index (χ1n) is 8.17. The van der Waals surface area contributed by atoms with E-state index in [4.69, 9.17) is 16.3 Å². The van der Waals surface area contributed by atoms with Crippen molar-refractivity contribution in [3.63, 3.8) is 0 Å². The fourth-order valence-corrected chi connectivity index (χ4v) is 3.88. The molecule has 0 radical (unpaired) electrons. The molecule has 6 nitrogen and oxygen atoms in total. The minimum absolute atomic E-state index is 0.109. The van der Waals surface area contributed by atoms with E-state index in [1.807, 2.05) is 41.2 Å². The maximum Gasteiger partial charge on any atom is 0.208 e. The SMILES string of the molecule is Clc1ccc(Cc2nnc(N3CCOC(Cn4cccn4)C3)s2)cc1. The molecule has 3 aromatic rings. The molecule has 0 bridgehead atoms. The van der Waals surface area contributed by atoms with Crippen LogP contribution in [0.15, 0.2) is 42.7 Å². The lowest BCUT2D eigenvalue weighted by atomic mass is 10.2. The monoisotopic (exact) mass is 375 g/mol. The number of morpholine rings is 1. The van der Waals surface area contributed by atoms with Gasteiger partial charge in [0.25, 0.3) is 0 Å². The molecule has 8 heteroatoms. The van der Waals surface area contributed by atoms with E-state index in [0.717, 1.165) is 41.2 Å². The molecule has 0 amide bonds. The van der Waals surface area contributed by atoms with E-state index >= 15 is 0 Å². The smallest absolute Gasteiger partial charge is 0.208 e. The predicted molar refractivity (Wildman–Crippen MR) is 98.3 cm³/mol. The molecule has 1 fully saturated rings.